The number of aryl methyl sites for hydroxylation is 1. The maximum Gasteiger partial charge on any atom is 0.309 e. The molecule has 0 aliphatic carbocycles. The molecule has 0 radical (unpaired) electrons. The third-order valence-electron chi connectivity index (χ3n) is 6.71. The SMILES string of the molecule is COC(=O)[C@H](C)[C@@H](c1ccc(C)c(COCc2ccc(OC)cc2)c1)c1ccc(C2(C)OCCO2)s1. The van der Waals surface area contributed by atoms with Crippen LogP contribution in [-0.2, 0) is 42.7 Å². The molecule has 1 aliphatic rings. The summed E-state index contributed by atoms with van der Waals surface area (Å²) in [5.74, 6) is -0.690. The smallest absolute Gasteiger partial charge is 0.309 e. The van der Waals surface area contributed by atoms with Crippen LogP contribution in [0.4, 0.5) is 0 Å². The largest absolute Gasteiger partial charge is 0.497 e. The third kappa shape index (κ3) is 5.81. The summed E-state index contributed by atoms with van der Waals surface area (Å²) in [5, 5.41) is 0. The number of rotatable bonds is 10. The number of ether oxygens (including phenoxy) is 5. The van der Waals surface area contributed by atoms with Crippen LogP contribution in [0.1, 0.15) is 51.8 Å². The van der Waals surface area contributed by atoms with E-state index in [1.807, 2.05) is 44.2 Å². The summed E-state index contributed by atoms with van der Waals surface area (Å²) in [6.07, 6.45) is 0. The molecule has 192 valence electrons. The van der Waals surface area contributed by atoms with Crippen molar-refractivity contribution in [3.05, 3.63) is 86.6 Å². The Morgan fingerprint density at radius 2 is 1.75 bits per heavy atom. The van der Waals surface area contributed by atoms with Gasteiger partial charge in [0.1, 0.15) is 5.75 Å². The number of methoxy groups -OCH3 is 2. The molecule has 36 heavy (non-hydrogen) atoms. The summed E-state index contributed by atoms with van der Waals surface area (Å²) < 4.78 is 28.1. The van der Waals surface area contributed by atoms with Crippen molar-refractivity contribution in [1.82, 2.24) is 0 Å². The topological polar surface area (TPSA) is 63.2 Å². The van der Waals surface area contributed by atoms with Crippen LogP contribution < -0.4 is 4.74 Å². The van der Waals surface area contributed by atoms with Crippen LogP contribution in [-0.4, -0.2) is 33.4 Å². The predicted molar refractivity (Wildman–Crippen MR) is 139 cm³/mol. The lowest BCUT2D eigenvalue weighted by Crippen LogP contribution is -2.22. The molecule has 0 spiro atoms. The summed E-state index contributed by atoms with van der Waals surface area (Å²) in [6, 6.07) is 18.3. The molecule has 1 aromatic heterocycles. The first-order chi connectivity index (χ1) is 17.3. The van der Waals surface area contributed by atoms with Gasteiger partial charge in [0.2, 0.25) is 5.79 Å². The zero-order valence-electron chi connectivity index (χ0n) is 21.5. The molecule has 0 unspecified atom stereocenters. The van der Waals surface area contributed by atoms with Gasteiger partial charge in [0.05, 0.1) is 51.4 Å². The summed E-state index contributed by atoms with van der Waals surface area (Å²) >= 11 is 1.62. The van der Waals surface area contributed by atoms with E-state index >= 15 is 0 Å². The number of esters is 1. The molecule has 7 heteroatoms. The van der Waals surface area contributed by atoms with Gasteiger partial charge in [0, 0.05) is 10.8 Å². The molecule has 1 aliphatic heterocycles. The Bertz CT molecular complexity index is 1160. The number of carbonyl (C=O) groups excluding carboxylic acids is 1. The molecular weight excluding hydrogens is 476 g/mol. The zero-order chi connectivity index (χ0) is 25.7. The minimum Gasteiger partial charge on any atom is -0.497 e. The maximum absolute atomic E-state index is 12.7. The first-order valence-electron chi connectivity index (χ1n) is 12.1. The summed E-state index contributed by atoms with van der Waals surface area (Å²) in [4.78, 5) is 14.7. The minimum atomic E-state index is -0.740. The lowest BCUT2D eigenvalue weighted by molar-refractivity contribution is -0.147. The number of thiophene rings is 1. The van der Waals surface area contributed by atoms with Crippen molar-refractivity contribution < 1.29 is 28.5 Å². The second-order valence-corrected chi connectivity index (χ2v) is 10.3. The first-order valence-corrected chi connectivity index (χ1v) is 12.9. The number of carbonyl (C=O) groups is 1. The van der Waals surface area contributed by atoms with Crippen molar-refractivity contribution in [1.29, 1.82) is 0 Å². The van der Waals surface area contributed by atoms with Gasteiger partial charge in [-0.05, 0) is 60.4 Å². The second-order valence-electron chi connectivity index (χ2n) is 9.16. The number of hydrogen-bond donors (Lipinski definition) is 0. The quantitative estimate of drug-likeness (QED) is 0.315. The van der Waals surface area contributed by atoms with Crippen LogP contribution in [0.3, 0.4) is 0 Å². The Morgan fingerprint density at radius 3 is 2.42 bits per heavy atom. The summed E-state index contributed by atoms with van der Waals surface area (Å²) in [6.45, 7) is 8.06. The highest BCUT2D eigenvalue weighted by molar-refractivity contribution is 7.12. The van der Waals surface area contributed by atoms with E-state index in [1.165, 1.54) is 7.11 Å². The highest BCUT2D eigenvalue weighted by atomic mass is 32.1. The average molecular weight is 511 g/mol. The van der Waals surface area contributed by atoms with Gasteiger partial charge in [0.15, 0.2) is 0 Å². The monoisotopic (exact) mass is 510 g/mol. The lowest BCUT2D eigenvalue weighted by atomic mass is 9.84. The van der Waals surface area contributed by atoms with Crippen molar-refractivity contribution >= 4 is 17.3 Å². The van der Waals surface area contributed by atoms with Crippen LogP contribution in [0.2, 0.25) is 0 Å². The van der Waals surface area contributed by atoms with E-state index in [0.717, 1.165) is 37.8 Å². The van der Waals surface area contributed by atoms with Crippen molar-refractivity contribution in [2.75, 3.05) is 27.4 Å². The maximum atomic E-state index is 12.7. The molecule has 6 nitrogen and oxygen atoms in total. The molecule has 0 N–H and O–H groups in total. The Balaban J connectivity index is 1.57. The first kappa shape index (κ1) is 26.4. The van der Waals surface area contributed by atoms with Gasteiger partial charge >= 0.3 is 5.97 Å². The van der Waals surface area contributed by atoms with Gasteiger partial charge < -0.3 is 23.7 Å². The van der Waals surface area contributed by atoms with Gasteiger partial charge in [-0.1, -0.05) is 37.3 Å². The molecule has 1 saturated heterocycles. The number of hydrogen-bond acceptors (Lipinski definition) is 7. The molecular formula is C29H34O6S. The lowest BCUT2D eigenvalue weighted by Gasteiger charge is -2.24. The second kappa shape index (κ2) is 11.6. The zero-order valence-corrected chi connectivity index (χ0v) is 22.4. The minimum absolute atomic E-state index is 0.165. The standard InChI is InChI=1S/C29H34O6S/c1-19-6-9-22(16-23(19)18-33-17-21-7-10-24(31-4)11-8-21)27(20(2)28(30)32-5)25-12-13-26(36-25)29(3)34-14-15-35-29/h6-13,16,20,27H,14-15,17-18H2,1-5H3/t20-,27+/m1/s1. The summed E-state index contributed by atoms with van der Waals surface area (Å²) in [5.41, 5.74) is 4.37. The molecule has 0 amide bonds. The molecule has 1 fully saturated rings. The van der Waals surface area contributed by atoms with E-state index < -0.39 is 5.79 Å². The van der Waals surface area contributed by atoms with E-state index in [1.54, 1.807) is 18.4 Å². The van der Waals surface area contributed by atoms with Crippen LogP contribution in [0, 0.1) is 12.8 Å². The van der Waals surface area contributed by atoms with E-state index in [4.69, 9.17) is 23.7 Å². The molecule has 3 aromatic rings. The van der Waals surface area contributed by atoms with Crippen LogP contribution in [0.25, 0.3) is 0 Å². The van der Waals surface area contributed by atoms with Crippen LogP contribution >= 0.6 is 11.3 Å². The van der Waals surface area contributed by atoms with Gasteiger partial charge in [-0.3, -0.25) is 4.79 Å². The fourth-order valence-electron chi connectivity index (χ4n) is 4.48. The van der Waals surface area contributed by atoms with Gasteiger partial charge in [-0.25, -0.2) is 0 Å². The molecule has 4 rings (SSSR count). The van der Waals surface area contributed by atoms with Crippen molar-refractivity contribution in [2.24, 2.45) is 5.92 Å². The normalized spacial score (nSPS) is 16.5. The fourth-order valence-corrected chi connectivity index (χ4v) is 5.78. The Kier molecular flexibility index (Phi) is 8.46. The van der Waals surface area contributed by atoms with Crippen LogP contribution in [0.15, 0.2) is 54.6 Å². The van der Waals surface area contributed by atoms with E-state index in [2.05, 4.69) is 31.2 Å². The Hall–Kier alpha value is -2.71. The molecule has 0 bridgehead atoms. The summed E-state index contributed by atoms with van der Waals surface area (Å²) in [7, 11) is 3.09. The third-order valence-corrected chi connectivity index (χ3v) is 8.06. The fraction of sp³-hybridized carbons (Fsp3) is 0.414. The molecule has 2 aromatic carbocycles. The van der Waals surface area contributed by atoms with Crippen LogP contribution in [0.5, 0.6) is 5.75 Å². The average Bonchev–Trinajstić information content (AvgIpc) is 3.56. The molecule has 0 saturated carbocycles. The van der Waals surface area contributed by atoms with Gasteiger partial charge in [-0.2, -0.15) is 0 Å². The Morgan fingerprint density at radius 1 is 1.03 bits per heavy atom. The Labute approximate surface area is 217 Å². The number of benzene rings is 2. The van der Waals surface area contributed by atoms with Gasteiger partial charge in [0.25, 0.3) is 0 Å². The van der Waals surface area contributed by atoms with E-state index in [9.17, 15) is 4.79 Å². The van der Waals surface area contributed by atoms with Crippen molar-refractivity contribution in [2.45, 2.75) is 45.7 Å². The highest BCUT2D eigenvalue weighted by Crippen LogP contribution is 2.42. The van der Waals surface area contributed by atoms with Crippen molar-refractivity contribution in [3.63, 3.8) is 0 Å². The molecule has 2 heterocycles. The van der Waals surface area contributed by atoms with E-state index in [0.29, 0.717) is 26.4 Å². The molecule has 2 atom stereocenters. The predicted octanol–water partition coefficient (Wildman–Crippen LogP) is 5.94. The van der Waals surface area contributed by atoms with E-state index in [-0.39, 0.29) is 17.8 Å². The van der Waals surface area contributed by atoms with Gasteiger partial charge in [-0.15, -0.1) is 11.3 Å². The van der Waals surface area contributed by atoms with Crippen molar-refractivity contribution in [3.8, 4) is 5.75 Å². The highest BCUT2D eigenvalue weighted by Gasteiger charge is 2.36.